The fourth-order valence-electron chi connectivity index (χ4n) is 5.99. The lowest BCUT2D eigenvalue weighted by molar-refractivity contribution is -0.152. The molecule has 0 radical (unpaired) electrons. The first-order valence-electron chi connectivity index (χ1n) is 14.5. The van der Waals surface area contributed by atoms with Gasteiger partial charge in [0.1, 0.15) is 23.6 Å². The lowest BCUT2D eigenvalue weighted by atomic mass is 9.84. The number of aromatic nitrogens is 1. The summed E-state index contributed by atoms with van der Waals surface area (Å²) in [6.07, 6.45) is -0.832. The zero-order valence-corrected chi connectivity index (χ0v) is 25.1. The number of piperazine rings is 1. The van der Waals surface area contributed by atoms with Gasteiger partial charge in [-0.25, -0.2) is 4.79 Å². The summed E-state index contributed by atoms with van der Waals surface area (Å²) in [5.74, 6) is -3.47. The molecule has 1 saturated heterocycles. The Hall–Kier alpha value is -5.16. The molecule has 1 aliphatic heterocycles. The summed E-state index contributed by atoms with van der Waals surface area (Å²) in [5, 5.41) is 28.8. The van der Waals surface area contributed by atoms with E-state index in [9.17, 15) is 29.4 Å². The van der Waals surface area contributed by atoms with Gasteiger partial charge in [-0.1, -0.05) is 48.5 Å². The minimum atomic E-state index is -1.12. The van der Waals surface area contributed by atoms with Gasteiger partial charge in [0, 0.05) is 48.0 Å². The number of esters is 1. The molecule has 3 aromatic carbocycles. The maximum absolute atomic E-state index is 13.4. The van der Waals surface area contributed by atoms with Crippen molar-refractivity contribution in [3.63, 3.8) is 0 Å². The molecule has 2 heterocycles. The number of ether oxygens (including phenoxy) is 2. The second-order valence-corrected chi connectivity index (χ2v) is 11.1. The van der Waals surface area contributed by atoms with Crippen LogP contribution < -0.4 is 10.6 Å². The van der Waals surface area contributed by atoms with Gasteiger partial charge in [-0.2, -0.15) is 0 Å². The van der Waals surface area contributed by atoms with Crippen LogP contribution in [0.3, 0.4) is 0 Å². The van der Waals surface area contributed by atoms with Gasteiger partial charge in [-0.3, -0.25) is 14.4 Å². The third-order valence-corrected chi connectivity index (χ3v) is 8.27. The number of ketones is 1. The molecule has 2 amide bonds. The van der Waals surface area contributed by atoms with Gasteiger partial charge < -0.3 is 35.3 Å². The van der Waals surface area contributed by atoms with Crippen LogP contribution in [0.1, 0.15) is 52.0 Å². The van der Waals surface area contributed by atoms with Crippen LogP contribution in [0.25, 0.3) is 10.9 Å². The maximum Gasteiger partial charge on any atom is 0.334 e. The number of benzene rings is 3. The zero-order chi connectivity index (χ0) is 32.2. The van der Waals surface area contributed by atoms with Gasteiger partial charge in [0.15, 0.2) is 11.9 Å². The van der Waals surface area contributed by atoms with Crippen LogP contribution in [-0.4, -0.2) is 71.2 Å². The molecule has 1 aliphatic rings. The fourth-order valence-corrected chi connectivity index (χ4v) is 5.99. The van der Waals surface area contributed by atoms with Gasteiger partial charge >= 0.3 is 5.97 Å². The minimum Gasteiger partial charge on any atom is -0.508 e. The summed E-state index contributed by atoms with van der Waals surface area (Å²) in [6, 6.07) is 17.7. The maximum atomic E-state index is 13.4. The largest absolute Gasteiger partial charge is 0.508 e. The number of fused-ring (bicyclic) bond motifs is 1. The molecule has 1 aromatic heterocycles. The van der Waals surface area contributed by atoms with Crippen LogP contribution in [0.2, 0.25) is 0 Å². The first-order valence-corrected chi connectivity index (χ1v) is 14.5. The monoisotopic (exact) mass is 613 g/mol. The van der Waals surface area contributed by atoms with E-state index in [1.54, 1.807) is 0 Å². The molecule has 5 N–H and O–H groups in total. The first kappa shape index (κ1) is 31.3. The van der Waals surface area contributed by atoms with E-state index in [4.69, 9.17) is 9.47 Å². The lowest BCUT2D eigenvalue weighted by Gasteiger charge is -2.30. The number of aromatic amines is 1. The number of carbonyl (C=O) groups is 4. The molecule has 0 saturated carbocycles. The number of hydrogen-bond acceptors (Lipinski definition) is 8. The summed E-state index contributed by atoms with van der Waals surface area (Å²) in [5.41, 5.74) is 2.66. The molecular weight excluding hydrogens is 578 g/mol. The van der Waals surface area contributed by atoms with Crippen LogP contribution in [0, 0.1) is 0 Å². The molecule has 5 rings (SSSR count). The summed E-state index contributed by atoms with van der Waals surface area (Å²) in [4.78, 5) is 55.0. The molecule has 234 valence electrons. The molecule has 1 fully saturated rings. The molecule has 11 heteroatoms. The third kappa shape index (κ3) is 6.39. The second kappa shape index (κ2) is 13.2. The van der Waals surface area contributed by atoms with Gasteiger partial charge in [0.25, 0.3) is 0 Å². The van der Waals surface area contributed by atoms with E-state index in [0.29, 0.717) is 23.2 Å². The quantitative estimate of drug-likeness (QED) is 0.127. The summed E-state index contributed by atoms with van der Waals surface area (Å²) in [6.45, 7) is 1.29. The van der Waals surface area contributed by atoms with Gasteiger partial charge in [0.2, 0.25) is 11.8 Å². The average Bonchev–Trinajstić information content (AvgIpc) is 3.39. The molecular formula is C34H35N3O8. The number of Topliss-reactive ketones (excluding diaryl/α,β-unsaturated/α-hetero) is 1. The summed E-state index contributed by atoms with van der Waals surface area (Å²) in [7, 11) is 2.56. The molecule has 0 spiro atoms. The van der Waals surface area contributed by atoms with E-state index < -0.39 is 41.6 Å². The minimum absolute atomic E-state index is 0.00140. The average molecular weight is 614 g/mol. The Kier molecular flexibility index (Phi) is 9.19. The van der Waals surface area contributed by atoms with Crippen LogP contribution in [0.5, 0.6) is 11.5 Å². The topological polar surface area (TPSA) is 167 Å². The van der Waals surface area contributed by atoms with Crippen molar-refractivity contribution in [2.75, 3.05) is 14.2 Å². The Balaban J connectivity index is 1.58. The standard InChI is InChI=1S/C34H35N3O8/c1-18(38)20-13-14-27(39)29(31(20)40)23(17-28(44-2)34(43)45-3)30-22(21-11-7-8-12-24(21)35-30)16-26-33(42)36-25(32(41)37-26)15-19-9-5-4-6-10-19/h4-14,23,25-26,28,35,39-40H,15-17H2,1-3H3,(H,36,42)(H,37,41)/t23-,25+,26-,28+/m0/s1. The van der Waals surface area contributed by atoms with E-state index in [2.05, 4.69) is 15.6 Å². The normalized spacial score (nSPS) is 17.8. The first-order chi connectivity index (χ1) is 21.6. The summed E-state index contributed by atoms with van der Waals surface area (Å²) < 4.78 is 10.4. The van der Waals surface area contributed by atoms with Crippen molar-refractivity contribution in [3.05, 3.63) is 94.7 Å². The number of phenols is 2. The van der Waals surface area contributed by atoms with Crippen molar-refractivity contribution in [1.29, 1.82) is 0 Å². The predicted octanol–water partition coefficient (Wildman–Crippen LogP) is 3.26. The van der Waals surface area contributed by atoms with Crippen molar-refractivity contribution in [1.82, 2.24) is 15.6 Å². The predicted molar refractivity (Wildman–Crippen MR) is 165 cm³/mol. The SMILES string of the molecule is COC(=O)[C@@H](C[C@H](c1[nH]c2ccccc2c1C[C@@H]1NC(=O)[C@@H](Cc2ccccc2)NC1=O)c1c(O)ccc(C(C)=O)c1O)OC. The molecule has 0 bridgehead atoms. The van der Waals surface area contributed by atoms with Gasteiger partial charge in [0.05, 0.1) is 12.7 Å². The highest BCUT2D eigenvalue weighted by molar-refractivity contribution is 5.99. The Bertz CT molecular complexity index is 1750. The molecule has 0 aliphatic carbocycles. The molecule has 0 unspecified atom stereocenters. The summed E-state index contributed by atoms with van der Waals surface area (Å²) >= 11 is 0. The number of hydrogen-bond donors (Lipinski definition) is 5. The number of aromatic hydroxyl groups is 2. The third-order valence-electron chi connectivity index (χ3n) is 8.27. The molecule has 11 nitrogen and oxygen atoms in total. The number of carbonyl (C=O) groups excluding carboxylic acids is 4. The van der Waals surface area contributed by atoms with E-state index in [1.165, 1.54) is 33.3 Å². The number of methoxy groups -OCH3 is 2. The van der Waals surface area contributed by atoms with Gasteiger partial charge in [-0.15, -0.1) is 0 Å². The van der Waals surface area contributed by atoms with Crippen molar-refractivity contribution in [2.45, 2.75) is 50.3 Å². The number of rotatable bonds is 11. The van der Waals surface area contributed by atoms with Gasteiger partial charge in [-0.05, 0) is 42.7 Å². The van der Waals surface area contributed by atoms with Crippen LogP contribution in [-0.2, 0) is 36.7 Å². The van der Waals surface area contributed by atoms with Crippen molar-refractivity contribution in [2.24, 2.45) is 0 Å². The number of amides is 2. The number of nitrogens with one attached hydrogen (secondary N) is 3. The zero-order valence-electron chi connectivity index (χ0n) is 25.1. The van der Waals surface area contributed by atoms with Crippen LogP contribution in [0.4, 0.5) is 0 Å². The highest BCUT2D eigenvalue weighted by Gasteiger charge is 2.37. The van der Waals surface area contributed by atoms with E-state index in [-0.39, 0.29) is 41.5 Å². The number of H-pyrrole nitrogens is 1. The lowest BCUT2D eigenvalue weighted by Crippen LogP contribution is -2.62. The van der Waals surface area contributed by atoms with E-state index in [1.807, 2.05) is 54.6 Å². The molecule has 4 aromatic rings. The van der Waals surface area contributed by atoms with E-state index in [0.717, 1.165) is 10.9 Å². The van der Waals surface area contributed by atoms with Crippen LogP contribution >= 0.6 is 0 Å². The van der Waals surface area contributed by atoms with Crippen molar-refractivity contribution in [3.8, 4) is 11.5 Å². The number of para-hydroxylation sites is 1. The Morgan fingerprint density at radius 2 is 1.51 bits per heavy atom. The molecule has 4 atom stereocenters. The van der Waals surface area contributed by atoms with Crippen molar-refractivity contribution >= 4 is 34.5 Å². The highest BCUT2D eigenvalue weighted by Crippen LogP contribution is 2.45. The number of phenolic OH excluding ortho intramolecular Hbond substituents is 2. The van der Waals surface area contributed by atoms with Crippen LogP contribution in [0.15, 0.2) is 66.7 Å². The Morgan fingerprint density at radius 1 is 0.867 bits per heavy atom. The van der Waals surface area contributed by atoms with Crippen molar-refractivity contribution < 1.29 is 38.9 Å². The Morgan fingerprint density at radius 3 is 2.16 bits per heavy atom. The second-order valence-electron chi connectivity index (χ2n) is 11.1. The smallest absolute Gasteiger partial charge is 0.334 e. The Labute approximate surface area is 259 Å². The highest BCUT2D eigenvalue weighted by atomic mass is 16.6. The van der Waals surface area contributed by atoms with E-state index >= 15 is 0 Å². The molecule has 45 heavy (non-hydrogen) atoms. The fraction of sp³-hybridized carbons (Fsp3) is 0.294.